The first-order valence-corrected chi connectivity index (χ1v) is 5.15. The minimum atomic E-state index is -0.192. The van der Waals surface area contributed by atoms with E-state index in [1.807, 2.05) is 32.0 Å². The van der Waals surface area contributed by atoms with Gasteiger partial charge >= 0.3 is 0 Å². The van der Waals surface area contributed by atoms with Gasteiger partial charge in [-0.3, -0.25) is 4.98 Å². The first-order chi connectivity index (χ1) is 7.68. The molecular weight excluding hydrogens is 200 g/mol. The van der Waals surface area contributed by atoms with Crippen molar-refractivity contribution in [1.82, 2.24) is 15.2 Å². The monoisotopic (exact) mass is 214 g/mol. The molecule has 0 aliphatic rings. The standard InChI is InChI=1S/C12H14N4/c1-8-6-11(9(2)16-15-8)12(13)10-4-3-5-14-7-10/h3-7,12H,13H2,1-2H3. The Morgan fingerprint density at radius 2 is 2.06 bits per heavy atom. The molecule has 0 radical (unpaired) electrons. The zero-order valence-electron chi connectivity index (χ0n) is 9.38. The fraction of sp³-hybridized carbons (Fsp3) is 0.250. The van der Waals surface area contributed by atoms with E-state index in [0.717, 1.165) is 22.5 Å². The number of hydrogen-bond acceptors (Lipinski definition) is 4. The lowest BCUT2D eigenvalue weighted by atomic mass is 10.00. The number of pyridine rings is 1. The van der Waals surface area contributed by atoms with Gasteiger partial charge in [0, 0.05) is 12.4 Å². The second-order valence-electron chi connectivity index (χ2n) is 3.79. The van der Waals surface area contributed by atoms with Crippen molar-refractivity contribution in [3.05, 3.63) is 53.1 Å². The molecule has 0 aliphatic carbocycles. The summed E-state index contributed by atoms with van der Waals surface area (Å²) in [6.07, 6.45) is 3.51. The van der Waals surface area contributed by atoms with Gasteiger partial charge in [-0.25, -0.2) is 0 Å². The number of nitrogens with two attached hydrogens (primary N) is 1. The van der Waals surface area contributed by atoms with E-state index in [1.165, 1.54) is 0 Å². The predicted molar refractivity (Wildman–Crippen MR) is 61.8 cm³/mol. The average Bonchev–Trinajstić information content (AvgIpc) is 2.32. The summed E-state index contributed by atoms with van der Waals surface area (Å²) >= 11 is 0. The first-order valence-electron chi connectivity index (χ1n) is 5.15. The van der Waals surface area contributed by atoms with Crippen LogP contribution in [-0.2, 0) is 0 Å². The minimum Gasteiger partial charge on any atom is -0.320 e. The predicted octanol–water partition coefficient (Wildman–Crippen LogP) is 1.54. The molecule has 2 heterocycles. The molecule has 2 aromatic rings. The van der Waals surface area contributed by atoms with Crippen LogP contribution < -0.4 is 5.73 Å². The van der Waals surface area contributed by atoms with Crippen molar-refractivity contribution >= 4 is 0 Å². The Balaban J connectivity index is 2.41. The SMILES string of the molecule is Cc1cc(C(N)c2cccnc2)c(C)nn1. The molecule has 2 rings (SSSR count). The summed E-state index contributed by atoms with van der Waals surface area (Å²) in [5.74, 6) is 0. The molecule has 0 saturated carbocycles. The molecule has 1 atom stereocenters. The number of aromatic nitrogens is 3. The Kier molecular flexibility index (Phi) is 2.92. The number of rotatable bonds is 2. The number of nitrogens with zero attached hydrogens (tertiary/aromatic N) is 3. The molecule has 16 heavy (non-hydrogen) atoms. The van der Waals surface area contributed by atoms with Gasteiger partial charge in [-0.2, -0.15) is 10.2 Å². The third-order valence-corrected chi connectivity index (χ3v) is 2.52. The van der Waals surface area contributed by atoms with Gasteiger partial charge in [-0.15, -0.1) is 0 Å². The summed E-state index contributed by atoms with van der Waals surface area (Å²) in [6, 6.07) is 5.63. The van der Waals surface area contributed by atoms with E-state index in [0.29, 0.717) is 0 Å². The maximum atomic E-state index is 6.18. The normalized spacial score (nSPS) is 12.4. The maximum Gasteiger partial charge on any atom is 0.0651 e. The van der Waals surface area contributed by atoms with Crippen LogP contribution in [0.1, 0.15) is 28.6 Å². The summed E-state index contributed by atoms with van der Waals surface area (Å²) in [5.41, 5.74) is 9.90. The van der Waals surface area contributed by atoms with Gasteiger partial charge in [-0.1, -0.05) is 6.07 Å². The topological polar surface area (TPSA) is 64.7 Å². The van der Waals surface area contributed by atoms with Crippen LogP contribution in [0, 0.1) is 13.8 Å². The van der Waals surface area contributed by atoms with Gasteiger partial charge < -0.3 is 5.73 Å². The molecular formula is C12H14N4. The van der Waals surface area contributed by atoms with E-state index in [-0.39, 0.29) is 6.04 Å². The van der Waals surface area contributed by atoms with Crippen molar-refractivity contribution in [1.29, 1.82) is 0 Å². The van der Waals surface area contributed by atoms with Crippen LogP contribution in [0.15, 0.2) is 30.6 Å². The summed E-state index contributed by atoms with van der Waals surface area (Å²) < 4.78 is 0. The van der Waals surface area contributed by atoms with E-state index < -0.39 is 0 Å². The zero-order chi connectivity index (χ0) is 11.5. The average molecular weight is 214 g/mol. The van der Waals surface area contributed by atoms with Crippen molar-refractivity contribution in [2.24, 2.45) is 5.73 Å². The van der Waals surface area contributed by atoms with Crippen molar-refractivity contribution < 1.29 is 0 Å². The molecule has 0 fully saturated rings. The Morgan fingerprint density at radius 1 is 1.25 bits per heavy atom. The number of aryl methyl sites for hydroxylation is 2. The van der Waals surface area contributed by atoms with Gasteiger partial charge in [0.05, 0.1) is 17.4 Å². The minimum absolute atomic E-state index is 0.192. The lowest BCUT2D eigenvalue weighted by molar-refractivity contribution is 0.809. The van der Waals surface area contributed by atoms with E-state index in [9.17, 15) is 0 Å². The molecule has 82 valence electrons. The van der Waals surface area contributed by atoms with Crippen molar-refractivity contribution in [3.63, 3.8) is 0 Å². The molecule has 4 nitrogen and oxygen atoms in total. The fourth-order valence-electron chi connectivity index (χ4n) is 1.62. The summed E-state index contributed by atoms with van der Waals surface area (Å²) in [5, 5.41) is 8.07. The molecule has 2 N–H and O–H groups in total. The van der Waals surface area contributed by atoms with Crippen LogP contribution in [0.4, 0.5) is 0 Å². The summed E-state index contributed by atoms with van der Waals surface area (Å²) in [6.45, 7) is 3.82. The molecule has 0 saturated heterocycles. The second kappa shape index (κ2) is 4.37. The summed E-state index contributed by atoms with van der Waals surface area (Å²) in [4.78, 5) is 4.07. The van der Waals surface area contributed by atoms with E-state index in [4.69, 9.17) is 5.73 Å². The Morgan fingerprint density at radius 3 is 2.75 bits per heavy atom. The highest BCUT2D eigenvalue weighted by Gasteiger charge is 2.12. The number of hydrogen-bond donors (Lipinski definition) is 1. The highest BCUT2D eigenvalue weighted by atomic mass is 15.1. The van der Waals surface area contributed by atoms with E-state index >= 15 is 0 Å². The fourth-order valence-corrected chi connectivity index (χ4v) is 1.62. The van der Waals surface area contributed by atoms with Crippen LogP contribution in [0.25, 0.3) is 0 Å². The first kappa shape index (κ1) is 10.7. The lowest BCUT2D eigenvalue weighted by Crippen LogP contribution is -2.15. The van der Waals surface area contributed by atoms with Crippen molar-refractivity contribution in [2.45, 2.75) is 19.9 Å². The zero-order valence-corrected chi connectivity index (χ0v) is 9.38. The molecule has 0 aliphatic heterocycles. The van der Waals surface area contributed by atoms with Crippen LogP contribution in [0.2, 0.25) is 0 Å². The molecule has 0 amide bonds. The maximum absolute atomic E-state index is 6.18. The Bertz CT molecular complexity index is 482. The van der Waals surface area contributed by atoms with Gasteiger partial charge in [0.1, 0.15) is 0 Å². The molecule has 4 heteroatoms. The van der Waals surface area contributed by atoms with Crippen LogP contribution in [-0.4, -0.2) is 15.2 Å². The van der Waals surface area contributed by atoms with E-state index in [1.54, 1.807) is 12.4 Å². The molecule has 0 aromatic carbocycles. The Hall–Kier alpha value is -1.81. The lowest BCUT2D eigenvalue weighted by Gasteiger charge is -2.13. The van der Waals surface area contributed by atoms with E-state index in [2.05, 4.69) is 15.2 Å². The molecule has 0 bridgehead atoms. The Labute approximate surface area is 94.6 Å². The van der Waals surface area contributed by atoms with Gasteiger partial charge in [-0.05, 0) is 37.1 Å². The quantitative estimate of drug-likeness (QED) is 0.823. The van der Waals surface area contributed by atoms with Crippen LogP contribution in [0.5, 0.6) is 0 Å². The van der Waals surface area contributed by atoms with Crippen LogP contribution >= 0.6 is 0 Å². The van der Waals surface area contributed by atoms with Crippen molar-refractivity contribution in [3.8, 4) is 0 Å². The van der Waals surface area contributed by atoms with Gasteiger partial charge in [0.2, 0.25) is 0 Å². The molecule has 0 spiro atoms. The highest BCUT2D eigenvalue weighted by Crippen LogP contribution is 2.20. The van der Waals surface area contributed by atoms with Crippen LogP contribution in [0.3, 0.4) is 0 Å². The molecule has 2 aromatic heterocycles. The highest BCUT2D eigenvalue weighted by molar-refractivity contribution is 5.32. The molecule has 1 unspecified atom stereocenters. The third-order valence-electron chi connectivity index (χ3n) is 2.52. The third kappa shape index (κ3) is 2.06. The van der Waals surface area contributed by atoms with Gasteiger partial charge in [0.15, 0.2) is 0 Å². The smallest absolute Gasteiger partial charge is 0.0651 e. The van der Waals surface area contributed by atoms with Gasteiger partial charge in [0.25, 0.3) is 0 Å². The summed E-state index contributed by atoms with van der Waals surface area (Å²) in [7, 11) is 0. The van der Waals surface area contributed by atoms with Crippen molar-refractivity contribution in [2.75, 3.05) is 0 Å². The second-order valence-corrected chi connectivity index (χ2v) is 3.79. The largest absolute Gasteiger partial charge is 0.320 e.